The minimum Gasteiger partial charge on any atom is -0.489 e. The topological polar surface area (TPSA) is 89.0 Å². The van der Waals surface area contributed by atoms with Crippen molar-refractivity contribution in [3.63, 3.8) is 0 Å². The number of hydrazone groups is 1. The molecule has 1 aliphatic heterocycles. The number of nitrogens with zero attached hydrogens (tertiary/aromatic N) is 1. The van der Waals surface area contributed by atoms with Gasteiger partial charge in [-0.15, -0.1) is 0 Å². The Morgan fingerprint density at radius 2 is 2.28 bits per heavy atom. The normalized spacial score (nSPS) is 16.6. The first kappa shape index (κ1) is 19.0. The zero-order valence-electron chi connectivity index (χ0n) is 13.7. The van der Waals surface area contributed by atoms with Gasteiger partial charge < -0.3 is 14.8 Å². The first-order valence-corrected chi connectivity index (χ1v) is 8.24. The molecule has 1 aromatic rings. The molecule has 1 fully saturated rings. The smallest absolute Gasteiger partial charge is 0.329 e. The second kappa shape index (κ2) is 9.80. The SMILES string of the molecule is C=CCOc1ccc(Cl)cc1/C=N\NC(=O)C(=O)NC[C@H]1CCCO1. The first-order valence-electron chi connectivity index (χ1n) is 7.86. The van der Waals surface area contributed by atoms with Crippen molar-refractivity contribution in [1.82, 2.24) is 10.7 Å². The van der Waals surface area contributed by atoms with Gasteiger partial charge in [0.15, 0.2) is 0 Å². The molecule has 25 heavy (non-hydrogen) atoms. The molecule has 0 aliphatic carbocycles. The number of benzene rings is 1. The van der Waals surface area contributed by atoms with E-state index >= 15 is 0 Å². The van der Waals surface area contributed by atoms with Crippen LogP contribution in [0.4, 0.5) is 0 Å². The number of carbonyl (C=O) groups excluding carboxylic acids is 2. The molecule has 2 rings (SSSR count). The third-order valence-electron chi connectivity index (χ3n) is 3.42. The number of ether oxygens (including phenoxy) is 2. The van der Waals surface area contributed by atoms with E-state index in [0.29, 0.717) is 36.1 Å². The number of hydrogen-bond acceptors (Lipinski definition) is 5. The second-order valence-corrected chi connectivity index (χ2v) is 5.76. The summed E-state index contributed by atoms with van der Waals surface area (Å²) in [6.07, 6.45) is 4.77. The van der Waals surface area contributed by atoms with Gasteiger partial charge in [-0.25, -0.2) is 5.43 Å². The quantitative estimate of drug-likeness (QED) is 0.333. The van der Waals surface area contributed by atoms with Crippen LogP contribution in [-0.4, -0.2) is 43.9 Å². The number of carbonyl (C=O) groups is 2. The Hall–Kier alpha value is -2.38. The minimum atomic E-state index is -0.857. The lowest BCUT2D eigenvalue weighted by molar-refractivity contribution is -0.139. The maximum Gasteiger partial charge on any atom is 0.329 e. The lowest BCUT2D eigenvalue weighted by Gasteiger charge is -2.09. The van der Waals surface area contributed by atoms with Gasteiger partial charge in [0.2, 0.25) is 0 Å². The van der Waals surface area contributed by atoms with Crippen molar-refractivity contribution >= 4 is 29.6 Å². The molecule has 2 amide bonds. The zero-order valence-corrected chi connectivity index (χ0v) is 14.4. The number of rotatable bonds is 7. The van der Waals surface area contributed by atoms with Crippen molar-refractivity contribution in [3.05, 3.63) is 41.4 Å². The molecule has 0 bridgehead atoms. The van der Waals surface area contributed by atoms with Crippen LogP contribution in [0.25, 0.3) is 0 Å². The van der Waals surface area contributed by atoms with Crippen molar-refractivity contribution in [2.24, 2.45) is 5.10 Å². The molecule has 0 saturated carbocycles. The van der Waals surface area contributed by atoms with Gasteiger partial charge in [0.1, 0.15) is 12.4 Å². The molecule has 1 atom stereocenters. The molecular weight excluding hydrogens is 346 g/mol. The number of halogens is 1. The second-order valence-electron chi connectivity index (χ2n) is 5.33. The zero-order chi connectivity index (χ0) is 18.1. The molecule has 1 saturated heterocycles. The molecule has 0 unspecified atom stereocenters. The Morgan fingerprint density at radius 1 is 1.44 bits per heavy atom. The summed E-state index contributed by atoms with van der Waals surface area (Å²) in [7, 11) is 0. The highest BCUT2D eigenvalue weighted by molar-refractivity contribution is 6.35. The lowest BCUT2D eigenvalue weighted by Crippen LogP contribution is -2.41. The standard InChI is InChI=1S/C17H20ClN3O4/c1-2-7-25-15-6-5-13(18)9-12(15)10-20-21-17(23)16(22)19-11-14-4-3-8-24-14/h2,5-6,9-10,14H,1,3-4,7-8,11H2,(H,19,22)(H,21,23)/b20-10-/t14-/m1/s1. The van der Waals surface area contributed by atoms with Crippen LogP contribution in [0.3, 0.4) is 0 Å². The Kier molecular flexibility index (Phi) is 7.43. The summed E-state index contributed by atoms with van der Waals surface area (Å²) < 4.78 is 10.8. The fraction of sp³-hybridized carbons (Fsp3) is 0.353. The van der Waals surface area contributed by atoms with Gasteiger partial charge in [0, 0.05) is 23.7 Å². The highest BCUT2D eigenvalue weighted by Crippen LogP contribution is 2.21. The van der Waals surface area contributed by atoms with Gasteiger partial charge in [-0.05, 0) is 31.0 Å². The monoisotopic (exact) mass is 365 g/mol. The molecule has 1 aliphatic rings. The molecule has 134 valence electrons. The van der Waals surface area contributed by atoms with Crippen LogP contribution >= 0.6 is 11.6 Å². The number of nitrogens with one attached hydrogen (secondary N) is 2. The van der Waals surface area contributed by atoms with Crippen LogP contribution in [0.2, 0.25) is 5.02 Å². The van der Waals surface area contributed by atoms with E-state index in [0.717, 1.165) is 12.8 Å². The highest BCUT2D eigenvalue weighted by atomic mass is 35.5. The summed E-state index contributed by atoms with van der Waals surface area (Å²) in [5.74, 6) is -1.09. The predicted molar refractivity (Wildman–Crippen MR) is 94.9 cm³/mol. The van der Waals surface area contributed by atoms with Crippen LogP contribution in [-0.2, 0) is 14.3 Å². The third-order valence-corrected chi connectivity index (χ3v) is 3.65. The van der Waals surface area contributed by atoms with E-state index in [9.17, 15) is 9.59 Å². The third kappa shape index (κ3) is 6.21. The van der Waals surface area contributed by atoms with Crippen LogP contribution in [0.5, 0.6) is 5.75 Å². The van der Waals surface area contributed by atoms with Crippen LogP contribution in [0.1, 0.15) is 18.4 Å². The van der Waals surface area contributed by atoms with E-state index in [1.165, 1.54) is 6.21 Å². The van der Waals surface area contributed by atoms with Crippen molar-refractivity contribution in [3.8, 4) is 5.75 Å². The van der Waals surface area contributed by atoms with Gasteiger partial charge in [-0.2, -0.15) is 5.10 Å². The van der Waals surface area contributed by atoms with E-state index in [-0.39, 0.29) is 6.10 Å². The molecule has 2 N–H and O–H groups in total. The van der Waals surface area contributed by atoms with Crippen LogP contribution < -0.4 is 15.5 Å². The Balaban J connectivity index is 1.86. The van der Waals surface area contributed by atoms with E-state index in [1.54, 1.807) is 24.3 Å². The van der Waals surface area contributed by atoms with E-state index in [1.807, 2.05) is 0 Å². The van der Waals surface area contributed by atoms with E-state index in [4.69, 9.17) is 21.1 Å². The van der Waals surface area contributed by atoms with Gasteiger partial charge in [0.25, 0.3) is 0 Å². The highest BCUT2D eigenvalue weighted by Gasteiger charge is 2.18. The van der Waals surface area contributed by atoms with Gasteiger partial charge in [0.05, 0.1) is 12.3 Å². The Bertz CT molecular complexity index is 657. The molecule has 0 radical (unpaired) electrons. The molecule has 1 aromatic carbocycles. The summed E-state index contributed by atoms with van der Waals surface area (Å²) in [6.45, 7) is 4.90. The average molecular weight is 366 g/mol. The molecule has 1 heterocycles. The maximum absolute atomic E-state index is 11.7. The Morgan fingerprint density at radius 3 is 3.00 bits per heavy atom. The predicted octanol–water partition coefficient (Wildman–Crippen LogP) is 1.65. The first-order chi connectivity index (χ1) is 12.1. The van der Waals surface area contributed by atoms with Crippen molar-refractivity contribution in [1.29, 1.82) is 0 Å². The number of amides is 2. The van der Waals surface area contributed by atoms with Crippen molar-refractivity contribution in [2.75, 3.05) is 19.8 Å². The maximum atomic E-state index is 11.7. The molecule has 7 nitrogen and oxygen atoms in total. The minimum absolute atomic E-state index is 0.0312. The fourth-order valence-corrected chi connectivity index (χ4v) is 2.38. The summed E-state index contributed by atoms with van der Waals surface area (Å²) in [4.78, 5) is 23.4. The van der Waals surface area contributed by atoms with Gasteiger partial charge >= 0.3 is 11.8 Å². The number of hydrogen-bond donors (Lipinski definition) is 2. The molecule has 0 spiro atoms. The molecular formula is C17H20ClN3O4. The van der Waals surface area contributed by atoms with Crippen LogP contribution in [0, 0.1) is 0 Å². The molecule has 0 aromatic heterocycles. The summed E-state index contributed by atoms with van der Waals surface area (Å²) >= 11 is 5.95. The molecule has 8 heteroatoms. The summed E-state index contributed by atoms with van der Waals surface area (Å²) in [6, 6.07) is 4.99. The van der Waals surface area contributed by atoms with Crippen molar-refractivity contribution in [2.45, 2.75) is 18.9 Å². The van der Waals surface area contributed by atoms with E-state index in [2.05, 4.69) is 22.4 Å². The fourth-order valence-electron chi connectivity index (χ4n) is 2.20. The summed E-state index contributed by atoms with van der Waals surface area (Å²) in [5.41, 5.74) is 2.73. The Labute approximate surface area is 151 Å². The average Bonchev–Trinajstić information content (AvgIpc) is 3.12. The largest absolute Gasteiger partial charge is 0.489 e. The lowest BCUT2D eigenvalue weighted by atomic mass is 10.2. The van der Waals surface area contributed by atoms with Crippen molar-refractivity contribution < 1.29 is 19.1 Å². The van der Waals surface area contributed by atoms with Crippen LogP contribution in [0.15, 0.2) is 36.0 Å². The van der Waals surface area contributed by atoms with Gasteiger partial charge in [-0.3, -0.25) is 9.59 Å². The van der Waals surface area contributed by atoms with E-state index < -0.39 is 11.8 Å². The van der Waals surface area contributed by atoms with Gasteiger partial charge in [-0.1, -0.05) is 24.3 Å². The summed E-state index contributed by atoms with van der Waals surface area (Å²) in [5, 5.41) is 6.78.